The summed E-state index contributed by atoms with van der Waals surface area (Å²) in [5, 5.41) is 3.41. The molecule has 0 heterocycles. The molecule has 2 aromatic carbocycles. The van der Waals surface area contributed by atoms with Crippen molar-refractivity contribution in [2.75, 3.05) is 18.1 Å². The Morgan fingerprint density at radius 2 is 1.86 bits per heavy atom. The third-order valence-electron chi connectivity index (χ3n) is 2.82. The second-order valence-electron chi connectivity index (χ2n) is 4.50. The molecule has 0 aliphatic carbocycles. The van der Waals surface area contributed by atoms with E-state index in [2.05, 4.69) is 23.4 Å². The quantitative estimate of drug-likeness (QED) is 0.589. The highest BCUT2D eigenvalue weighted by Crippen LogP contribution is 2.21. The van der Waals surface area contributed by atoms with Crippen molar-refractivity contribution in [1.29, 1.82) is 0 Å². The number of para-hydroxylation sites is 1. The topological polar surface area (TPSA) is 21.3 Å². The van der Waals surface area contributed by atoms with Crippen LogP contribution in [-0.4, -0.2) is 18.1 Å². The van der Waals surface area contributed by atoms with Crippen molar-refractivity contribution in [2.24, 2.45) is 0 Å². The van der Waals surface area contributed by atoms with Crippen molar-refractivity contribution in [3.63, 3.8) is 0 Å². The Morgan fingerprint density at radius 3 is 2.67 bits per heavy atom. The first kappa shape index (κ1) is 15.5. The molecule has 0 fully saturated rings. The largest absolute Gasteiger partial charge is 0.457 e. The van der Waals surface area contributed by atoms with Crippen molar-refractivity contribution in [3.8, 4) is 23.8 Å². The Morgan fingerprint density at radius 1 is 1.05 bits per heavy atom. The van der Waals surface area contributed by atoms with Gasteiger partial charge in [-0.05, 0) is 29.8 Å². The van der Waals surface area contributed by atoms with Crippen LogP contribution in [0, 0.1) is 12.3 Å². The van der Waals surface area contributed by atoms with Crippen LogP contribution in [0.25, 0.3) is 0 Å². The maximum Gasteiger partial charge on any atom is 0.127 e. The first-order valence-corrected chi connectivity index (χ1v) is 8.08. The van der Waals surface area contributed by atoms with Crippen LogP contribution in [0.1, 0.15) is 5.56 Å². The van der Waals surface area contributed by atoms with Crippen LogP contribution in [0.15, 0.2) is 54.6 Å². The summed E-state index contributed by atoms with van der Waals surface area (Å²) in [5.41, 5.74) is 1.21. The lowest BCUT2D eigenvalue weighted by atomic mass is 10.2. The zero-order valence-electron chi connectivity index (χ0n) is 11.9. The third-order valence-corrected chi connectivity index (χ3v) is 3.68. The van der Waals surface area contributed by atoms with Gasteiger partial charge in [0.25, 0.3) is 0 Å². The second-order valence-corrected chi connectivity index (χ2v) is 5.60. The SMILES string of the molecule is C#CCSCCNCc1cccc(Oc2ccccc2)c1. The highest BCUT2D eigenvalue weighted by atomic mass is 32.2. The van der Waals surface area contributed by atoms with E-state index in [1.165, 1.54) is 5.56 Å². The Hall–Kier alpha value is -1.89. The van der Waals surface area contributed by atoms with Gasteiger partial charge in [-0.3, -0.25) is 0 Å². The monoisotopic (exact) mass is 297 g/mol. The summed E-state index contributed by atoms with van der Waals surface area (Å²) in [6.45, 7) is 1.79. The molecular weight excluding hydrogens is 278 g/mol. The minimum atomic E-state index is 0.780. The molecule has 0 aliphatic rings. The number of hydrogen-bond donors (Lipinski definition) is 1. The van der Waals surface area contributed by atoms with E-state index >= 15 is 0 Å². The van der Waals surface area contributed by atoms with E-state index < -0.39 is 0 Å². The maximum atomic E-state index is 5.82. The van der Waals surface area contributed by atoms with Gasteiger partial charge in [0.1, 0.15) is 11.5 Å². The third kappa shape index (κ3) is 5.95. The van der Waals surface area contributed by atoms with Gasteiger partial charge in [0.2, 0.25) is 0 Å². The van der Waals surface area contributed by atoms with Crippen LogP contribution < -0.4 is 10.1 Å². The standard InChI is InChI=1S/C18H19NOS/c1-2-12-21-13-11-19-15-16-7-6-10-18(14-16)20-17-8-4-3-5-9-17/h1,3-10,14,19H,11-13,15H2. The van der Waals surface area contributed by atoms with E-state index in [9.17, 15) is 0 Å². The van der Waals surface area contributed by atoms with Gasteiger partial charge in [0.05, 0.1) is 5.75 Å². The second kappa shape index (κ2) is 9.12. The number of ether oxygens (including phenoxy) is 1. The molecule has 2 nitrogen and oxygen atoms in total. The maximum absolute atomic E-state index is 5.82. The molecule has 3 heteroatoms. The number of hydrogen-bond acceptors (Lipinski definition) is 3. The van der Waals surface area contributed by atoms with E-state index in [-0.39, 0.29) is 0 Å². The summed E-state index contributed by atoms with van der Waals surface area (Å²) in [6.07, 6.45) is 5.21. The first-order valence-electron chi connectivity index (χ1n) is 6.92. The molecule has 0 aromatic heterocycles. The number of benzene rings is 2. The Bertz CT molecular complexity index is 577. The average molecular weight is 297 g/mol. The van der Waals surface area contributed by atoms with E-state index in [1.54, 1.807) is 11.8 Å². The van der Waals surface area contributed by atoms with Gasteiger partial charge in [0.15, 0.2) is 0 Å². The fraction of sp³-hybridized carbons (Fsp3) is 0.222. The summed E-state index contributed by atoms with van der Waals surface area (Å²) in [4.78, 5) is 0. The zero-order chi connectivity index (χ0) is 14.8. The number of rotatable bonds is 8. The van der Waals surface area contributed by atoms with Crippen LogP contribution >= 0.6 is 11.8 Å². The highest BCUT2D eigenvalue weighted by Gasteiger charge is 1.99. The normalized spacial score (nSPS) is 10.0. The molecule has 0 saturated carbocycles. The molecule has 2 rings (SSSR count). The van der Waals surface area contributed by atoms with Crippen molar-refractivity contribution < 1.29 is 4.74 Å². The highest BCUT2D eigenvalue weighted by molar-refractivity contribution is 7.99. The molecule has 0 spiro atoms. The number of terminal acetylenes is 1. The Labute approximate surface area is 130 Å². The van der Waals surface area contributed by atoms with Gasteiger partial charge < -0.3 is 10.1 Å². The minimum Gasteiger partial charge on any atom is -0.457 e. The van der Waals surface area contributed by atoms with Gasteiger partial charge in [0, 0.05) is 18.8 Å². The fourth-order valence-electron chi connectivity index (χ4n) is 1.85. The number of thioether (sulfide) groups is 1. The van der Waals surface area contributed by atoms with Crippen molar-refractivity contribution >= 4 is 11.8 Å². The molecule has 2 aromatic rings. The van der Waals surface area contributed by atoms with E-state index in [1.807, 2.05) is 42.5 Å². The van der Waals surface area contributed by atoms with Crippen molar-refractivity contribution in [3.05, 3.63) is 60.2 Å². The molecule has 21 heavy (non-hydrogen) atoms. The fourth-order valence-corrected chi connectivity index (χ4v) is 2.40. The minimum absolute atomic E-state index is 0.780. The van der Waals surface area contributed by atoms with Crippen LogP contribution in [0.5, 0.6) is 11.5 Å². The van der Waals surface area contributed by atoms with Crippen molar-refractivity contribution in [2.45, 2.75) is 6.54 Å². The Kier molecular flexibility index (Phi) is 6.73. The van der Waals surface area contributed by atoms with Crippen molar-refractivity contribution in [1.82, 2.24) is 5.32 Å². The predicted molar refractivity (Wildman–Crippen MR) is 90.8 cm³/mol. The van der Waals surface area contributed by atoms with Crippen LogP contribution in [-0.2, 0) is 6.54 Å². The van der Waals surface area contributed by atoms with Gasteiger partial charge in [-0.2, -0.15) is 0 Å². The van der Waals surface area contributed by atoms with E-state index in [4.69, 9.17) is 11.2 Å². The molecule has 0 atom stereocenters. The lowest BCUT2D eigenvalue weighted by Gasteiger charge is -2.08. The Balaban J connectivity index is 1.80. The summed E-state index contributed by atoms with van der Waals surface area (Å²) < 4.78 is 5.82. The van der Waals surface area contributed by atoms with Crippen LogP contribution in [0.4, 0.5) is 0 Å². The molecule has 0 bridgehead atoms. The van der Waals surface area contributed by atoms with Crippen LogP contribution in [0.3, 0.4) is 0 Å². The summed E-state index contributed by atoms with van der Waals surface area (Å²) >= 11 is 1.77. The summed E-state index contributed by atoms with van der Waals surface area (Å²) in [5.74, 6) is 6.16. The van der Waals surface area contributed by atoms with Gasteiger partial charge in [-0.1, -0.05) is 36.3 Å². The van der Waals surface area contributed by atoms with E-state index in [0.717, 1.165) is 36.1 Å². The van der Waals surface area contributed by atoms with Gasteiger partial charge in [-0.15, -0.1) is 18.2 Å². The molecule has 0 unspecified atom stereocenters. The first-order chi connectivity index (χ1) is 10.4. The molecule has 0 saturated heterocycles. The molecule has 0 radical (unpaired) electrons. The summed E-state index contributed by atoms with van der Waals surface area (Å²) in [6, 6.07) is 18.0. The predicted octanol–water partition coefficient (Wildman–Crippen LogP) is 3.93. The number of nitrogens with one attached hydrogen (secondary N) is 1. The van der Waals surface area contributed by atoms with Crippen LogP contribution in [0.2, 0.25) is 0 Å². The molecular formula is C18H19NOS. The van der Waals surface area contributed by atoms with Gasteiger partial charge in [-0.25, -0.2) is 0 Å². The molecule has 108 valence electrons. The summed E-state index contributed by atoms with van der Waals surface area (Å²) in [7, 11) is 0. The average Bonchev–Trinajstić information content (AvgIpc) is 2.52. The lowest BCUT2D eigenvalue weighted by molar-refractivity contribution is 0.481. The smallest absolute Gasteiger partial charge is 0.127 e. The molecule has 0 amide bonds. The lowest BCUT2D eigenvalue weighted by Crippen LogP contribution is -2.16. The zero-order valence-corrected chi connectivity index (χ0v) is 12.7. The molecule has 0 aliphatic heterocycles. The molecule has 1 N–H and O–H groups in total. The van der Waals surface area contributed by atoms with Gasteiger partial charge >= 0.3 is 0 Å². The van der Waals surface area contributed by atoms with E-state index in [0.29, 0.717) is 0 Å².